The van der Waals surface area contributed by atoms with Gasteiger partial charge in [-0.15, -0.1) is 0 Å². The highest BCUT2D eigenvalue weighted by molar-refractivity contribution is 7.89. The molecule has 1 fully saturated rings. The third-order valence-electron chi connectivity index (χ3n) is 4.89. The molecule has 2 aromatic carbocycles. The molecule has 1 amide bonds. The van der Waals surface area contributed by atoms with Crippen molar-refractivity contribution in [3.8, 4) is 0 Å². The van der Waals surface area contributed by atoms with Crippen molar-refractivity contribution in [2.24, 2.45) is 5.92 Å². The first-order valence-corrected chi connectivity index (χ1v) is 11.6. The van der Waals surface area contributed by atoms with Crippen molar-refractivity contribution >= 4 is 56.4 Å². The molecular formula is C19H16Cl3F3N2O3S. The molecule has 1 aliphatic heterocycles. The second-order valence-corrected chi connectivity index (χ2v) is 10.1. The maximum absolute atomic E-state index is 12.9. The van der Waals surface area contributed by atoms with Crippen molar-refractivity contribution in [2.45, 2.75) is 23.9 Å². The van der Waals surface area contributed by atoms with Crippen LogP contribution in [0, 0.1) is 5.92 Å². The number of benzene rings is 2. The van der Waals surface area contributed by atoms with Gasteiger partial charge in [-0.2, -0.15) is 17.5 Å². The van der Waals surface area contributed by atoms with Gasteiger partial charge < -0.3 is 5.32 Å². The fourth-order valence-corrected chi connectivity index (χ4v) is 5.58. The molecule has 0 bridgehead atoms. The molecular weight excluding hydrogens is 500 g/mol. The van der Waals surface area contributed by atoms with E-state index in [2.05, 4.69) is 5.32 Å². The molecule has 2 aromatic rings. The van der Waals surface area contributed by atoms with Crippen LogP contribution in [0.25, 0.3) is 0 Å². The van der Waals surface area contributed by atoms with Gasteiger partial charge in [0.15, 0.2) is 0 Å². The van der Waals surface area contributed by atoms with Crippen LogP contribution >= 0.6 is 34.8 Å². The van der Waals surface area contributed by atoms with E-state index in [-0.39, 0.29) is 51.6 Å². The van der Waals surface area contributed by atoms with Gasteiger partial charge in [-0.1, -0.05) is 34.8 Å². The van der Waals surface area contributed by atoms with Crippen molar-refractivity contribution < 1.29 is 26.4 Å². The topological polar surface area (TPSA) is 66.5 Å². The number of rotatable bonds is 4. The molecule has 1 N–H and O–H groups in total. The second kappa shape index (κ2) is 9.15. The standard InChI is InChI=1S/C19H16Cl3F3N2O3S/c20-13-2-4-15(22)17(10-13)31(29,30)27-7-5-11(6-8-27)18(28)26-16-9-12(19(23,24)25)1-3-14(16)21/h1-4,9-11H,5-8H2,(H,26,28). The Hall–Kier alpha value is -1.52. The Kier molecular flexibility index (Phi) is 7.12. The van der Waals surface area contributed by atoms with Crippen LogP contribution in [0.4, 0.5) is 18.9 Å². The number of alkyl halides is 3. The lowest BCUT2D eigenvalue weighted by Gasteiger charge is -2.31. The summed E-state index contributed by atoms with van der Waals surface area (Å²) in [7, 11) is -3.91. The Bertz CT molecular complexity index is 1100. The summed E-state index contributed by atoms with van der Waals surface area (Å²) in [5.74, 6) is -1.12. The predicted molar refractivity (Wildman–Crippen MR) is 113 cm³/mol. The van der Waals surface area contributed by atoms with E-state index < -0.39 is 33.6 Å². The van der Waals surface area contributed by atoms with Crippen molar-refractivity contribution in [1.29, 1.82) is 0 Å². The molecule has 0 radical (unpaired) electrons. The van der Waals surface area contributed by atoms with Gasteiger partial charge in [0.05, 0.1) is 21.3 Å². The maximum atomic E-state index is 12.9. The van der Waals surface area contributed by atoms with E-state index in [4.69, 9.17) is 34.8 Å². The molecule has 0 unspecified atom stereocenters. The van der Waals surface area contributed by atoms with Crippen molar-refractivity contribution in [1.82, 2.24) is 4.31 Å². The van der Waals surface area contributed by atoms with Crippen LogP contribution in [0.3, 0.4) is 0 Å². The Morgan fingerprint density at radius 2 is 1.61 bits per heavy atom. The minimum absolute atomic E-state index is 0.0306. The third kappa shape index (κ3) is 5.46. The zero-order valence-electron chi connectivity index (χ0n) is 15.7. The number of carbonyl (C=O) groups excluding carboxylic acids is 1. The Labute approximate surface area is 192 Å². The zero-order valence-corrected chi connectivity index (χ0v) is 18.8. The maximum Gasteiger partial charge on any atom is 0.416 e. The van der Waals surface area contributed by atoms with E-state index in [1.165, 1.54) is 22.5 Å². The van der Waals surface area contributed by atoms with E-state index in [1.807, 2.05) is 0 Å². The number of nitrogens with one attached hydrogen (secondary N) is 1. The highest BCUT2D eigenvalue weighted by atomic mass is 35.5. The quantitative estimate of drug-likeness (QED) is 0.568. The molecule has 1 aliphatic rings. The monoisotopic (exact) mass is 514 g/mol. The fraction of sp³-hybridized carbons (Fsp3) is 0.316. The molecule has 0 atom stereocenters. The first-order chi connectivity index (χ1) is 14.4. The van der Waals surface area contributed by atoms with Gasteiger partial charge in [0.1, 0.15) is 4.90 Å². The SMILES string of the molecule is O=C(Nc1cc(C(F)(F)F)ccc1Cl)C1CCN(S(=O)(=O)c2cc(Cl)ccc2Cl)CC1. The number of piperidine rings is 1. The predicted octanol–water partition coefficient (Wildman–Crippen LogP) is 5.71. The van der Waals surface area contributed by atoms with Crippen molar-refractivity contribution in [3.05, 3.63) is 57.0 Å². The number of halogens is 6. The van der Waals surface area contributed by atoms with Crippen LogP contribution in [0.1, 0.15) is 18.4 Å². The number of amides is 1. The summed E-state index contributed by atoms with van der Waals surface area (Å²) >= 11 is 17.8. The van der Waals surface area contributed by atoms with E-state index in [0.717, 1.165) is 18.2 Å². The lowest BCUT2D eigenvalue weighted by atomic mass is 9.97. The lowest BCUT2D eigenvalue weighted by molar-refractivity contribution is -0.137. The van der Waals surface area contributed by atoms with E-state index >= 15 is 0 Å². The minimum atomic E-state index is -4.58. The molecule has 0 aromatic heterocycles. The molecule has 5 nitrogen and oxygen atoms in total. The highest BCUT2D eigenvalue weighted by Crippen LogP contribution is 2.35. The molecule has 31 heavy (non-hydrogen) atoms. The van der Waals surface area contributed by atoms with Crippen LogP contribution in [0.2, 0.25) is 15.1 Å². The van der Waals surface area contributed by atoms with Crippen LogP contribution in [-0.2, 0) is 21.0 Å². The second-order valence-electron chi connectivity index (χ2n) is 6.93. The van der Waals surface area contributed by atoms with Gasteiger partial charge in [0.2, 0.25) is 15.9 Å². The molecule has 12 heteroatoms. The molecule has 3 rings (SSSR count). The zero-order chi connectivity index (χ0) is 23.0. The number of hydrogen-bond donors (Lipinski definition) is 1. The van der Waals surface area contributed by atoms with Gasteiger partial charge >= 0.3 is 6.18 Å². The Morgan fingerprint density at radius 1 is 1.00 bits per heavy atom. The number of sulfonamides is 1. The van der Waals surface area contributed by atoms with Gasteiger partial charge in [0.25, 0.3) is 0 Å². The molecule has 1 heterocycles. The third-order valence-corrected chi connectivity index (χ3v) is 7.83. The van der Waals surface area contributed by atoms with Gasteiger partial charge in [-0.25, -0.2) is 8.42 Å². The summed E-state index contributed by atoms with van der Waals surface area (Å²) in [4.78, 5) is 12.4. The molecule has 0 spiro atoms. The number of nitrogens with zero attached hydrogens (tertiary/aromatic N) is 1. The average molecular weight is 516 g/mol. The van der Waals surface area contributed by atoms with E-state index in [0.29, 0.717) is 0 Å². The summed E-state index contributed by atoms with van der Waals surface area (Å²) < 4.78 is 65.6. The Balaban J connectivity index is 1.69. The summed E-state index contributed by atoms with van der Waals surface area (Å²) in [6.07, 6.45) is -4.22. The number of anilines is 1. The average Bonchev–Trinajstić information content (AvgIpc) is 2.70. The first-order valence-electron chi connectivity index (χ1n) is 9.02. The van der Waals surface area contributed by atoms with Crippen molar-refractivity contribution in [2.75, 3.05) is 18.4 Å². The summed E-state index contributed by atoms with van der Waals surface area (Å²) in [6, 6.07) is 6.76. The largest absolute Gasteiger partial charge is 0.416 e. The number of hydrogen-bond acceptors (Lipinski definition) is 3. The van der Waals surface area contributed by atoms with E-state index in [1.54, 1.807) is 0 Å². The molecule has 0 saturated carbocycles. The van der Waals surface area contributed by atoms with Gasteiger partial charge in [-0.3, -0.25) is 4.79 Å². The molecule has 1 saturated heterocycles. The van der Waals surface area contributed by atoms with Crippen LogP contribution < -0.4 is 5.32 Å². The summed E-state index contributed by atoms with van der Waals surface area (Å²) in [5.41, 5.74) is -1.09. The van der Waals surface area contributed by atoms with Gasteiger partial charge in [0, 0.05) is 24.0 Å². The van der Waals surface area contributed by atoms with Crippen molar-refractivity contribution in [3.63, 3.8) is 0 Å². The highest BCUT2D eigenvalue weighted by Gasteiger charge is 2.34. The molecule has 168 valence electrons. The summed E-state index contributed by atoms with van der Waals surface area (Å²) in [5, 5.41) is 2.64. The van der Waals surface area contributed by atoms with E-state index in [9.17, 15) is 26.4 Å². The Morgan fingerprint density at radius 3 is 2.23 bits per heavy atom. The summed E-state index contributed by atoms with van der Waals surface area (Å²) in [6.45, 7) is 0.0825. The van der Waals surface area contributed by atoms with Crippen LogP contribution in [0.5, 0.6) is 0 Å². The molecule has 0 aliphatic carbocycles. The first kappa shape index (κ1) is 24.1. The minimum Gasteiger partial charge on any atom is -0.325 e. The van der Waals surface area contributed by atoms with Crippen LogP contribution in [0.15, 0.2) is 41.3 Å². The van der Waals surface area contributed by atoms with Gasteiger partial charge in [-0.05, 0) is 49.2 Å². The normalized spacial score (nSPS) is 16.3. The fourth-order valence-electron chi connectivity index (χ4n) is 3.20. The van der Waals surface area contributed by atoms with Crippen LogP contribution in [-0.4, -0.2) is 31.7 Å². The smallest absolute Gasteiger partial charge is 0.325 e. The number of carbonyl (C=O) groups is 1. The lowest BCUT2D eigenvalue weighted by Crippen LogP contribution is -2.41.